The Labute approximate surface area is 798 Å². The molecule has 641 valence electrons. The van der Waals surface area contributed by atoms with E-state index in [0.29, 0.717) is 63.8 Å². The minimum atomic E-state index is -3.58. The number of anilines is 11. The molecule has 0 amide bonds. The van der Waals surface area contributed by atoms with Gasteiger partial charge in [0, 0.05) is 135 Å². The van der Waals surface area contributed by atoms with Crippen molar-refractivity contribution in [1.82, 2.24) is 29.7 Å². The van der Waals surface area contributed by atoms with Crippen molar-refractivity contribution in [3.8, 4) is 201 Å². The van der Waals surface area contributed by atoms with Crippen molar-refractivity contribution in [3.63, 3.8) is 0 Å². The van der Waals surface area contributed by atoms with Crippen molar-refractivity contribution < 1.29 is 35.8 Å². The highest BCUT2D eigenvalue weighted by molar-refractivity contribution is 8.05. The van der Waals surface area contributed by atoms with Crippen molar-refractivity contribution >= 4 is 204 Å². The summed E-state index contributed by atoms with van der Waals surface area (Å²) in [4.78, 5) is 26.4. The Hall–Kier alpha value is -12.6. The summed E-state index contributed by atoms with van der Waals surface area (Å²) in [6.45, 7) is 11.9. The average Bonchev–Trinajstić information content (AvgIpc) is 0.806. The summed E-state index contributed by atoms with van der Waals surface area (Å²) in [5.74, 6) is 74.3. The summed E-state index contributed by atoms with van der Waals surface area (Å²) in [6, 6.07) is 19.9. The van der Waals surface area contributed by atoms with Crippen LogP contribution in [-0.4, -0.2) is 254 Å². The number of methoxy groups -OCH3 is 4. The standard InChI is InChI=1S/C31H3.C30H42ClN7O4S.C17H29N3O.C13H14Cl2N4O3S.B12/c1-3-5-7-9-11-13-15-17-19-21-23-25-27-29-31-30-28-26-24-22-20-18-16-14-12-10-8-6-4-2;1-8-10-20-17-24(27(42-6)18-25(20)38-15-13-21(14-16-38)36(2)3)34-30-32-19-22(31)29(35-30)33-23-11-9-12-26(41-5)28(23)37(4)43(7,39)40;1-5-6-13-11-15(18)17(21-4)12-16(13)20-9-7-14(8-10-20)19(2)3;1-19(23(3,20)21)11-9(5-4-6-10(11)22-2)17-12-8(14)7-16-13(15)18-12;1-8(2)11(7)12(9(3)4)10(5)6/h1H,2H2;9,11-12,17-19,21H,8,10,13-16H2,1-7H3,(H2,32,33,34,35);11-12,14H,5-10,18H2,1-4H3;4-7H,1-3H3,(H,16,17,18);/q-1;;;;-1. The number of terminal acetylenes is 1. The molecule has 0 spiro atoms. The lowest BCUT2D eigenvalue weighted by Crippen LogP contribution is -2.67. The third-order valence-electron chi connectivity index (χ3n) is 18.8. The molecule has 0 atom stereocenters. The number of hydrogen-bond acceptors (Lipinski definition) is 20. The van der Waals surface area contributed by atoms with Gasteiger partial charge in [-0.15, -0.1) is 12.3 Å². The SMILES string of the molecule is C#CC#CC#CC#CC#CC#CC#CC#CC#CC#CC#CC#CC#CC#CC#C[CH2-].CCCc1cc(N)c(OC)cc1N1CCC(N(C)C)CC1.CCCc1cc(Nc2ncc(Cl)c(Nc3cccc(OC)c3N(C)S(C)(=O)=O)n2)c(OC)cc1N1CCC(N(C)C)CC1.COc1cccc(Nc2nc(Cl)ncc2Cl)c1N(C)S(C)(=O)=O.[B]B([B])B(B([B])[B])B([B])B([B])[B-]. The Morgan fingerprint density at radius 2 is 0.854 bits per heavy atom. The molecule has 0 aliphatic carbocycles. The Morgan fingerprint density at radius 3 is 1.18 bits per heavy atom. The fourth-order valence-electron chi connectivity index (χ4n) is 12.2. The lowest BCUT2D eigenvalue weighted by Gasteiger charge is -2.37. The first-order chi connectivity index (χ1) is 62.0. The zero-order chi connectivity index (χ0) is 96.3. The zero-order valence-corrected chi connectivity index (χ0v) is 78.9. The van der Waals surface area contributed by atoms with E-state index >= 15 is 0 Å². The lowest BCUT2D eigenvalue weighted by atomic mass is 8.53. The van der Waals surface area contributed by atoms with Crippen LogP contribution in [0.2, 0.25) is 15.3 Å². The fraction of sp³-hybridized carbons (Fsp3) is 0.308. The first-order valence-electron chi connectivity index (χ1n) is 39.8. The number of halogens is 3. The monoisotopic (exact) mass is 1810 g/mol. The number of para-hydroxylation sites is 2. The molecule has 39 heteroatoms. The topological polar surface area (TPSA) is 238 Å². The molecule has 5 N–H and O–H groups in total. The number of ether oxygens (including phenoxy) is 4. The molecule has 4 heterocycles. The number of sulfonamides is 2. The smallest absolute Gasteiger partial charge is 0.232 e. The third kappa shape index (κ3) is 38.0. The second kappa shape index (κ2) is 58.8. The number of nitrogens with one attached hydrogen (secondary N) is 3. The van der Waals surface area contributed by atoms with Gasteiger partial charge in [-0.25, -0.2) is 39.1 Å². The Kier molecular flexibility index (Phi) is 49.6. The summed E-state index contributed by atoms with van der Waals surface area (Å²) in [5.41, 5.74) is 14.2. The van der Waals surface area contributed by atoms with Gasteiger partial charge in [0.2, 0.25) is 31.3 Å². The lowest BCUT2D eigenvalue weighted by molar-refractivity contribution is 0.249. The van der Waals surface area contributed by atoms with E-state index in [4.69, 9.17) is 120 Å². The van der Waals surface area contributed by atoms with E-state index < -0.39 is 52.0 Å². The molecule has 15 radical (unpaired) electrons. The highest BCUT2D eigenvalue weighted by atomic mass is 35.5. The molecule has 2 aliphatic rings. The highest BCUT2D eigenvalue weighted by Gasteiger charge is 2.30. The first kappa shape index (κ1) is 110. The molecule has 6 aromatic rings. The number of nitrogens with two attached hydrogens (primary N) is 1. The van der Waals surface area contributed by atoms with Crippen LogP contribution in [0.4, 0.5) is 63.1 Å². The van der Waals surface area contributed by atoms with Crippen LogP contribution < -0.4 is 59.0 Å². The van der Waals surface area contributed by atoms with Gasteiger partial charge < -0.3 is 68.0 Å². The van der Waals surface area contributed by atoms with Gasteiger partial charge in [-0.1, -0.05) is 62.0 Å². The van der Waals surface area contributed by atoms with Crippen LogP contribution >= 0.6 is 34.8 Å². The van der Waals surface area contributed by atoms with Crippen molar-refractivity contribution in [3.05, 3.63) is 106 Å². The predicted octanol–water partition coefficient (Wildman–Crippen LogP) is 7.14. The molecule has 0 bridgehead atoms. The Morgan fingerprint density at radius 1 is 0.508 bits per heavy atom. The maximum absolute atomic E-state index is 12.4. The molecule has 130 heavy (non-hydrogen) atoms. The van der Waals surface area contributed by atoms with Crippen LogP contribution in [-0.2, 0) is 32.9 Å². The van der Waals surface area contributed by atoms with Crippen molar-refractivity contribution in [2.45, 2.75) is 77.3 Å². The summed E-state index contributed by atoms with van der Waals surface area (Å²) < 4.78 is 72.8. The Bertz CT molecular complexity index is 6190. The summed E-state index contributed by atoms with van der Waals surface area (Å²) in [5, 5.41) is 9.95. The molecular formula is C91H88B12Cl3N14O8S2-2. The molecule has 8 rings (SSSR count). The number of benzene rings is 4. The molecule has 4 aromatic carbocycles. The number of hydrogen-bond donors (Lipinski definition) is 4. The summed E-state index contributed by atoms with van der Waals surface area (Å²) >= 11 is 18.3. The number of rotatable bonds is 26. The van der Waals surface area contributed by atoms with Crippen LogP contribution in [0, 0.1) is 185 Å². The number of aryl methyl sites for hydroxylation is 2. The van der Waals surface area contributed by atoms with Gasteiger partial charge in [0.15, 0.2) is 11.6 Å². The van der Waals surface area contributed by atoms with Crippen molar-refractivity contribution in [2.75, 3.05) is 150 Å². The highest BCUT2D eigenvalue weighted by Crippen LogP contribution is 2.43. The van der Waals surface area contributed by atoms with E-state index in [1.807, 2.05) is 0 Å². The van der Waals surface area contributed by atoms with E-state index in [0.717, 1.165) is 103 Å². The van der Waals surface area contributed by atoms with Gasteiger partial charge in [-0.3, -0.25) is 14.5 Å². The minimum absolute atomic E-state index is 0.0119. The number of nitrogens with zero attached hydrogens (tertiary/aromatic N) is 10. The molecule has 2 aromatic heterocycles. The maximum atomic E-state index is 12.4. The van der Waals surface area contributed by atoms with Gasteiger partial charge in [0.1, 0.15) is 44.4 Å². The van der Waals surface area contributed by atoms with Crippen LogP contribution in [0.25, 0.3) is 0 Å². The molecule has 2 saturated heterocycles. The Balaban J connectivity index is 0.000000359. The van der Waals surface area contributed by atoms with Crippen LogP contribution in [0.3, 0.4) is 0 Å². The van der Waals surface area contributed by atoms with E-state index in [1.54, 1.807) is 50.6 Å². The summed E-state index contributed by atoms with van der Waals surface area (Å²) in [6.07, 6.45) is 15.5. The molecule has 2 fully saturated rings. The van der Waals surface area contributed by atoms with Crippen molar-refractivity contribution in [1.29, 1.82) is 0 Å². The van der Waals surface area contributed by atoms with Crippen molar-refractivity contribution in [2.24, 2.45) is 0 Å². The van der Waals surface area contributed by atoms with Crippen LogP contribution in [0.5, 0.6) is 23.0 Å². The quantitative estimate of drug-likeness (QED) is 0.0139. The molecule has 0 saturated carbocycles. The third-order valence-corrected chi connectivity index (χ3v) is 21.9. The van der Waals surface area contributed by atoms with E-state index in [9.17, 15) is 16.8 Å². The predicted molar refractivity (Wildman–Crippen MR) is 550 cm³/mol. The average molecular weight is 1810 g/mol. The van der Waals surface area contributed by atoms with Gasteiger partial charge in [-0.05, 0) is 293 Å². The van der Waals surface area contributed by atoms with Crippen LogP contribution in [0.1, 0.15) is 63.5 Å². The second-order valence-corrected chi connectivity index (χ2v) is 33.3. The number of aromatic nitrogens is 4. The zero-order valence-electron chi connectivity index (χ0n) is 75.0. The fourth-order valence-corrected chi connectivity index (χ4v) is 13.7. The maximum Gasteiger partial charge on any atom is 0.232 e. The minimum Gasteiger partial charge on any atom is -0.687 e. The molecule has 22 nitrogen and oxygen atoms in total. The molecule has 2 aliphatic heterocycles. The first-order valence-corrected chi connectivity index (χ1v) is 44.6. The van der Waals surface area contributed by atoms with E-state index in [2.05, 4.69) is 300 Å². The van der Waals surface area contributed by atoms with Gasteiger partial charge in [-0.2, -0.15) is 16.9 Å². The normalized spacial score (nSPS) is 11.0. The van der Waals surface area contributed by atoms with E-state index in [1.165, 1.54) is 76.1 Å². The van der Waals surface area contributed by atoms with Gasteiger partial charge in [0.05, 0.1) is 76.1 Å². The molecule has 0 unspecified atom stereocenters. The number of nitrogen functional groups attached to an aromatic ring is 1. The van der Waals surface area contributed by atoms with E-state index in [-0.39, 0.29) is 21.1 Å². The van der Waals surface area contributed by atoms with Crippen LogP contribution in [0.15, 0.2) is 73.1 Å². The largest absolute Gasteiger partial charge is 0.687 e. The summed E-state index contributed by atoms with van der Waals surface area (Å²) in [7, 11) is 48.6. The second-order valence-electron chi connectivity index (χ2n) is 28.1. The van der Waals surface area contributed by atoms with Gasteiger partial charge >= 0.3 is 0 Å². The van der Waals surface area contributed by atoms with Gasteiger partial charge in [0.25, 0.3) is 0 Å². The number of piperidine rings is 2. The molecular weight excluding hydrogens is 1720 g/mol.